The Balaban J connectivity index is 2.20. The molecule has 1 aromatic carbocycles. The number of unbranched alkanes of at least 4 members (excludes halogenated alkanes) is 2. The molecule has 1 rings (SSSR count). The highest BCUT2D eigenvalue weighted by atomic mass is 35.5. The van der Waals surface area contributed by atoms with Crippen LogP contribution in [0.5, 0.6) is 0 Å². The average molecular weight is 267 g/mol. The number of benzene rings is 1. The lowest BCUT2D eigenvalue weighted by atomic mass is 10.2. The zero-order valence-electron chi connectivity index (χ0n) is 10.7. The number of esters is 1. The van der Waals surface area contributed by atoms with Gasteiger partial charge in [0.15, 0.2) is 0 Å². The minimum atomic E-state index is -0.121. The molecule has 0 amide bonds. The standard InChI is InChI=1S/C15H19ClO2/c1-2-3-4-7-15(17)18-12-5-6-13-8-10-14(16)11-9-13/h5-6,8-11H,2-4,7,12H2,1H3/b6-5+. The zero-order valence-corrected chi connectivity index (χ0v) is 11.5. The summed E-state index contributed by atoms with van der Waals surface area (Å²) in [6.45, 7) is 2.44. The summed E-state index contributed by atoms with van der Waals surface area (Å²) in [5.74, 6) is -0.121. The fourth-order valence-corrected chi connectivity index (χ4v) is 1.62. The van der Waals surface area contributed by atoms with Gasteiger partial charge in [0.1, 0.15) is 6.61 Å². The van der Waals surface area contributed by atoms with Gasteiger partial charge in [0.2, 0.25) is 0 Å². The Labute approximate surface area is 114 Å². The van der Waals surface area contributed by atoms with Crippen LogP contribution in [-0.2, 0) is 9.53 Å². The molecule has 0 radical (unpaired) electrons. The van der Waals surface area contributed by atoms with Gasteiger partial charge in [0.05, 0.1) is 0 Å². The van der Waals surface area contributed by atoms with E-state index in [-0.39, 0.29) is 5.97 Å². The van der Waals surface area contributed by atoms with Crippen LogP contribution in [0.2, 0.25) is 5.02 Å². The van der Waals surface area contributed by atoms with Gasteiger partial charge in [0, 0.05) is 11.4 Å². The molecule has 0 aliphatic rings. The number of ether oxygens (including phenoxy) is 1. The van der Waals surface area contributed by atoms with Gasteiger partial charge in [-0.15, -0.1) is 0 Å². The molecule has 0 saturated carbocycles. The quantitative estimate of drug-likeness (QED) is 0.537. The van der Waals surface area contributed by atoms with Gasteiger partial charge >= 0.3 is 5.97 Å². The largest absolute Gasteiger partial charge is 0.461 e. The van der Waals surface area contributed by atoms with Gasteiger partial charge in [-0.05, 0) is 30.2 Å². The minimum absolute atomic E-state index is 0.121. The lowest BCUT2D eigenvalue weighted by Crippen LogP contribution is -2.03. The third-order valence-electron chi connectivity index (χ3n) is 2.51. The number of rotatable bonds is 7. The first-order valence-electron chi connectivity index (χ1n) is 6.30. The molecular formula is C15H19ClO2. The highest BCUT2D eigenvalue weighted by Gasteiger charge is 1.99. The molecule has 0 saturated heterocycles. The molecule has 0 spiro atoms. The second kappa shape index (κ2) is 8.76. The number of hydrogen-bond acceptors (Lipinski definition) is 2. The number of carbonyl (C=O) groups excluding carboxylic acids is 1. The molecule has 0 atom stereocenters. The van der Waals surface area contributed by atoms with Crippen molar-refractivity contribution in [2.75, 3.05) is 6.61 Å². The van der Waals surface area contributed by atoms with Crippen molar-refractivity contribution in [3.05, 3.63) is 40.9 Å². The van der Waals surface area contributed by atoms with E-state index in [4.69, 9.17) is 16.3 Å². The molecule has 2 nitrogen and oxygen atoms in total. The van der Waals surface area contributed by atoms with Crippen LogP contribution in [0.3, 0.4) is 0 Å². The number of carbonyl (C=O) groups is 1. The van der Waals surface area contributed by atoms with Crippen molar-refractivity contribution in [2.24, 2.45) is 0 Å². The van der Waals surface area contributed by atoms with Crippen LogP contribution in [0.15, 0.2) is 30.3 Å². The van der Waals surface area contributed by atoms with E-state index in [2.05, 4.69) is 6.92 Å². The topological polar surface area (TPSA) is 26.3 Å². The van der Waals surface area contributed by atoms with Crippen LogP contribution >= 0.6 is 11.6 Å². The average Bonchev–Trinajstić information content (AvgIpc) is 2.37. The Hall–Kier alpha value is -1.28. The molecule has 18 heavy (non-hydrogen) atoms. The molecule has 0 aromatic heterocycles. The highest BCUT2D eigenvalue weighted by Crippen LogP contribution is 2.10. The van der Waals surface area contributed by atoms with Crippen molar-refractivity contribution in [1.29, 1.82) is 0 Å². The van der Waals surface area contributed by atoms with Crippen molar-refractivity contribution in [3.63, 3.8) is 0 Å². The second-order valence-electron chi connectivity index (χ2n) is 4.09. The van der Waals surface area contributed by atoms with E-state index in [0.717, 1.165) is 29.8 Å². The predicted octanol–water partition coefficient (Wildman–Crippen LogP) is 4.48. The molecule has 0 aliphatic heterocycles. The van der Waals surface area contributed by atoms with Crippen molar-refractivity contribution in [1.82, 2.24) is 0 Å². The van der Waals surface area contributed by atoms with Crippen molar-refractivity contribution in [3.8, 4) is 0 Å². The van der Waals surface area contributed by atoms with E-state index in [1.807, 2.05) is 36.4 Å². The molecule has 0 heterocycles. The second-order valence-corrected chi connectivity index (χ2v) is 4.53. The van der Waals surface area contributed by atoms with Crippen LogP contribution in [0.25, 0.3) is 6.08 Å². The summed E-state index contributed by atoms with van der Waals surface area (Å²) in [5, 5.41) is 0.717. The summed E-state index contributed by atoms with van der Waals surface area (Å²) in [6.07, 6.45) is 7.37. The molecule has 0 fully saturated rings. The maximum Gasteiger partial charge on any atom is 0.306 e. The predicted molar refractivity (Wildman–Crippen MR) is 75.6 cm³/mol. The number of halogens is 1. The third-order valence-corrected chi connectivity index (χ3v) is 2.76. The van der Waals surface area contributed by atoms with Gasteiger partial charge in [0.25, 0.3) is 0 Å². The van der Waals surface area contributed by atoms with E-state index in [0.29, 0.717) is 13.0 Å². The summed E-state index contributed by atoms with van der Waals surface area (Å²) < 4.78 is 5.08. The van der Waals surface area contributed by atoms with Crippen molar-refractivity contribution >= 4 is 23.6 Å². The van der Waals surface area contributed by atoms with Crippen LogP contribution in [0.1, 0.15) is 38.2 Å². The van der Waals surface area contributed by atoms with Crippen LogP contribution in [0, 0.1) is 0 Å². The van der Waals surface area contributed by atoms with E-state index < -0.39 is 0 Å². The molecule has 0 N–H and O–H groups in total. The van der Waals surface area contributed by atoms with Gasteiger partial charge in [-0.25, -0.2) is 0 Å². The van der Waals surface area contributed by atoms with E-state index in [9.17, 15) is 4.79 Å². The Morgan fingerprint density at radius 1 is 1.28 bits per heavy atom. The molecule has 0 bridgehead atoms. The zero-order chi connectivity index (χ0) is 13.2. The normalized spacial score (nSPS) is 10.8. The van der Waals surface area contributed by atoms with Crippen LogP contribution in [0.4, 0.5) is 0 Å². The maximum atomic E-state index is 11.3. The van der Waals surface area contributed by atoms with E-state index >= 15 is 0 Å². The van der Waals surface area contributed by atoms with Gasteiger partial charge < -0.3 is 4.74 Å². The van der Waals surface area contributed by atoms with E-state index in [1.165, 1.54) is 0 Å². The lowest BCUT2D eigenvalue weighted by Gasteiger charge is -2.01. The SMILES string of the molecule is CCCCCC(=O)OC/C=C/c1ccc(Cl)cc1. The van der Waals surface area contributed by atoms with Gasteiger partial charge in [-0.2, -0.15) is 0 Å². The Morgan fingerprint density at radius 3 is 2.67 bits per heavy atom. The summed E-state index contributed by atoms with van der Waals surface area (Å²) in [6, 6.07) is 7.50. The lowest BCUT2D eigenvalue weighted by molar-refractivity contribution is -0.142. The molecule has 3 heteroatoms. The maximum absolute atomic E-state index is 11.3. The van der Waals surface area contributed by atoms with Crippen molar-refractivity contribution < 1.29 is 9.53 Å². The monoisotopic (exact) mass is 266 g/mol. The summed E-state index contributed by atoms with van der Waals surface area (Å²) in [5.41, 5.74) is 1.04. The first-order chi connectivity index (χ1) is 8.72. The fraction of sp³-hybridized carbons (Fsp3) is 0.400. The van der Waals surface area contributed by atoms with Crippen LogP contribution in [-0.4, -0.2) is 12.6 Å². The summed E-state index contributed by atoms with van der Waals surface area (Å²) >= 11 is 5.78. The first-order valence-corrected chi connectivity index (χ1v) is 6.68. The van der Waals surface area contributed by atoms with Gasteiger partial charge in [-0.1, -0.05) is 49.6 Å². The molecular weight excluding hydrogens is 248 g/mol. The molecule has 0 aliphatic carbocycles. The van der Waals surface area contributed by atoms with E-state index in [1.54, 1.807) is 0 Å². The molecule has 0 unspecified atom stereocenters. The molecule has 98 valence electrons. The van der Waals surface area contributed by atoms with Crippen molar-refractivity contribution in [2.45, 2.75) is 32.6 Å². The fourth-order valence-electron chi connectivity index (χ4n) is 1.49. The van der Waals surface area contributed by atoms with Crippen LogP contribution < -0.4 is 0 Å². The Bertz CT molecular complexity index is 382. The number of hydrogen-bond donors (Lipinski definition) is 0. The Kier molecular flexibility index (Phi) is 7.19. The third kappa shape index (κ3) is 6.45. The van der Waals surface area contributed by atoms with Gasteiger partial charge in [-0.3, -0.25) is 4.79 Å². The minimum Gasteiger partial charge on any atom is -0.461 e. The first kappa shape index (κ1) is 14.8. The highest BCUT2D eigenvalue weighted by molar-refractivity contribution is 6.30. The summed E-state index contributed by atoms with van der Waals surface area (Å²) in [7, 11) is 0. The molecule has 1 aromatic rings. The Morgan fingerprint density at radius 2 is 2.00 bits per heavy atom. The smallest absolute Gasteiger partial charge is 0.306 e. The summed E-state index contributed by atoms with van der Waals surface area (Å²) in [4.78, 5) is 11.3.